The third kappa shape index (κ3) is 4.36. The number of benzene rings is 2. The average Bonchev–Trinajstić information content (AvgIpc) is 2.60. The molecule has 0 aliphatic carbocycles. The number of hydrogen-bond acceptors (Lipinski definition) is 4. The Kier molecular flexibility index (Phi) is 5.43. The standard InChI is InChI=1S/C17H19N3O4S/c1-18-16(21)12-6-10-15(11-7-12)25(23,24)19-14-8-4-13(5-9-14)17(22)20(2)3/h4-11,19H,1-3H3,(H,18,21). The molecule has 2 amide bonds. The summed E-state index contributed by atoms with van der Waals surface area (Å²) in [5.74, 6) is -0.461. The summed E-state index contributed by atoms with van der Waals surface area (Å²) in [5.41, 5.74) is 1.17. The minimum atomic E-state index is -3.79. The molecule has 0 radical (unpaired) electrons. The van der Waals surface area contributed by atoms with E-state index < -0.39 is 10.0 Å². The van der Waals surface area contributed by atoms with Crippen LogP contribution in [0.25, 0.3) is 0 Å². The van der Waals surface area contributed by atoms with E-state index in [0.717, 1.165) is 0 Å². The second-order valence-corrected chi connectivity index (χ2v) is 7.17. The van der Waals surface area contributed by atoms with Crippen LogP contribution in [0.5, 0.6) is 0 Å². The second-order valence-electron chi connectivity index (χ2n) is 5.49. The summed E-state index contributed by atoms with van der Waals surface area (Å²) < 4.78 is 27.2. The maximum Gasteiger partial charge on any atom is 0.261 e. The molecule has 0 fully saturated rings. The van der Waals surface area contributed by atoms with E-state index in [1.165, 1.54) is 48.3 Å². The van der Waals surface area contributed by atoms with Crippen molar-refractivity contribution in [1.29, 1.82) is 0 Å². The summed E-state index contributed by atoms with van der Waals surface area (Å²) in [6.45, 7) is 0. The molecule has 0 saturated carbocycles. The normalized spacial score (nSPS) is 10.8. The van der Waals surface area contributed by atoms with E-state index in [0.29, 0.717) is 16.8 Å². The number of nitrogens with one attached hydrogen (secondary N) is 2. The molecule has 0 saturated heterocycles. The van der Waals surface area contributed by atoms with Gasteiger partial charge in [0.1, 0.15) is 0 Å². The van der Waals surface area contributed by atoms with E-state index in [1.54, 1.807) is 26.2 Å². The number of rotatable bonds is 5. The largest absolute Gasteiger partial charge is 0.355 e. The van der Waals surface area contributed by atoms with Gasteiger partial charge in [-0.1, -0.05) is 0 Å². The molecule has 0 atom stereocenters. The average molecular weight is 361 g/mol. The highest BCUT2D eigenvalue weighted by Gasteiger charge is 2.15. The van der Waals surface area contributed by atoms with Gasteiger partial charge in [-0.2, -0.15) is 0 Å². The first kappa shape index (κ1) is 18.5. The molecule has 0 aromatic heterocycles. The molecule has 0 heterocycles. The zero-order valence-electron chi connectivity index (χ0n) is 14.1. The van der Waals surface area contributed by atoms with Gasteiger partial charge in [0, 0.05) is 38.0 Å². The smallest absolute Gasteiger partial charge is 0.261 e. The van der Waals surface area contributed by atoms with Crippen molar-refractivity contribution in [3.63, 3.8) is 0 Å². The second kappa shape index (κ2) is 7.35. The van der Waals surface area contributed by atoms with Gasteiger partial charge < -0.3 is 10.2 Å². The maximum absolute atomic E-state index is 12.4. The van der Waals surface area contributed by atoms with Gasteiger partial charge in [-0.05, 0) is 48.5 Å². The lowest BCUT2D eigenvalue weighted by atomic mass is 10.2. The Bertz CT molecular complexity index is 873. The molecule has 132 valence electrons. The summed E-state index contributed by atoms with van der Waals surface area (Å²) >= 11 is 0. The van der Waals surface area contributed by atoms with Crippen LogP contribution in [0, 0.1) is 0 Å². The van der Waals surface area contributed by atoms with Crippen LogP contribution >= 0.6 is 0 Å². The molecule has 0 bridgehead atoms. The van der Waals surface area contributed by atoms with Gasteiger partial charge in [-0.15, -0.1) is 0 Å². The predicted molar refractivity (Wildman–Crippen MR) is 95.1 cm³/mol. The van der Waals surface area contributed by atoms with E-state index in [1.807, 2.05) is 0 Å². The fraction of sp³-hybridized carbons (Fsp3) is 0.176. The van der Waals surface area contributed by atoms with Gasteiger partial charge >= 0.3 is 0 Å². The summed E-state index contributed by atoms with van der Waals surface area (Å²) in [6.07, 6.45) is 0. The number of nitrogens with zero attached hydrogens (tertiary/aromatic N) is 1. The zero-order chi connectivity index (χ0) is 18.6. The van der Waals surface area contributed by atoms with Crippen molar-refractivity contribution in [3.05, 3.63) is 59.7 Å². The Hall–Kier alpha value is -2.87. The molecular formula is C17H19N3O4S. The quantitative estimate of drug-likeness (QED) is 0.845. The SMILES string of the molecule is CNC(=O)c1ccc(S(=O)(=O)Nc2ccc(C(=O)N(C)C)cc2)cc1. The number of carbonyl (C=O) groups is 2. The lowest BCUT2D eigenvalue weighted by Gasteiger charge is -2.12. The van der Waals surface area contributed by atoms with Crippen molar-refractivity contribution in [2.75, 3.05) is 25.9 Å². The first-order valence-electron chi connectivity index (χ1n) is 7.41. The van der Waals surface area contributed by atoms with Gasteiger partial charge in [0.15, 0.2) is 0 Å². The van der Waals surface area contributed by atoms with Crippen LogP contribution in [0.3, 0.4) is 0 Å². The lowest BCUT2D eigenvalue weighted by Crippen LogP contribution is -2.21. The van der Waals surface area contributed by atoms with Crippen LogP contribution in [0.4, 0.5) is 5.69 Å². The van der Waals surface area contributed by atoms with Crippen LogP contribution in [-0.2, 0) is 10.0 Å². The minimum absolute atomic E-state index is 0.0357. The van der Waals surface area contributed by atoms with Crippen molar-refractivity contribution in [2.45, 2.75) is 4.90 Å². The number of anilines is 1. The fourth-order valence-corrected chi connectivity index (χ4v) is 3.14. The first-order valence-corrected chi connectivity index (χ1v) is 8.89. The molecule has 0 unspecified atom stereocenters. The number of amides is 2. The Balaban J connectivity index is 2.18. The number of sulfonamides is 1. The van der Waals surface area contributed by atoms with Gasteiger partial charge in [0.05, 0.1) is 4.90 Å². The first-order chi connectivity index (χ1) is 11.7. The Morgan fingerprint density at radius 2 is 1.40 bits per heavy atom. The molecule has 2 aromatic rings. The molecule has 2 rings (SSSR count). The summed E-state index contributed by atoms with van der Waals surface area (Å²) in [6, 6.07) is 11.7. The van der Waals surface area contributed by atoms with Crippen LogP contribution in [0.2, 0.25) is 0 Å². The van der Waals surface area contributed by atoms with Gasteiger partial charge in [-0.3, -0.25) is 14.3 Å². The maximum atomic E-state index is 12.4. The van der Waals surface area contributed by atoms with E-state index in [2.05, 4.69) is 10.0 Å². The van der Waals surface area contributed by atoms with Crippen molar-refractivity contribution in [3.8, 4) is 0 Å². The Morgan fingerprint density at radius 3 is 1.88 bits per heavy atom. The van der Waals surface area contributed by atoms with Crippen LogP contribution in [-0.4, -0.2) is 46.3 Å². The Morgan fingerprint density at radius 1 is 0.880 bits per heavy atom. The van der Waals surface area contributed by atoms with Crippen molar-refractivity contribution < 1.29 is 18.0 Å². The molecule has 7 nitrogen and oxygen atoms in total. The highest BCUT2D eigenvalue weighted by molar-refractivity contribution is 7.92. The lowest BCUT2D eigenvalue weighted by molar-refractivity contribution is 0.0827. The van der Waals surface area contributed by atoms with Crippen molar-refractivity contribution in [1.82, 2.24) is 10.2 Å². The summed E-state index contributed by atoms with van der Waals surface area (Å²) in [5, 5.41) is 2.47. The minimum Gasteiger partial charge on any atom is -0.355 e. The molecule has 8 heteroatoms. The number of carbonyl (C=O) groups excluding carboxylic acids is 2. The molecule has 25 heavy (non-hydrogen) atoms. The Labute approximate surface area is 146 Å². The fourth-order valence-electron chi connectivity index (χ4n) is 2.08. The van der Waals surface area contributed by atoms with Crippen LogP contribution < -0.4 is 10.0 Å². The molecule has 0 spiro atoms. The highest BCUT2D eigenvalue weighted by Crippen LogP contribution is 2.17. The molecule has 0 aliphatic heterocycles. The number of hydrogen-bond donors (Lipinski definition) is 2. The topological polar surface area (TPSA) is 95.6 Å². The zero-order valence-corrected chi connectivity index (χ0v) is 14.9. The predicted octanol–water partition coefficient (Wildman–Crippen LogP) is 1.55. The molecular weight excluding hydrogens is 342 g/mol. The van der Waals surface area contributed by atoms with E-state index in [9.17, 15) is 18.0 Å². The molecule has 2 N–H and O–H groups in total. The molecule has 0 aliphatic rings. The van der Waals surface area contributed by atoms with Gasteiger partial charge in [0.2, 0.25) is 0 Å². The van der Waals surface area contributed by atoms with Crippen molar-refractivity contribution >= 4 is 27.5 Å². The van der Waals surface area contributed by atoms with E-state index in [4.69, 9.17) is 0 Å². The van der Waals surface area contributed by atoms with Gasteiger partial charge in [-0.25, -0.2) is 8.42 Å². The van der Waals surface area contributed by atoms with E-state index >= 15 is 0 Å². The third-order valence-electron chi connectivity index (χ3n) is 3.44. The van der Waals surface area contributed by atoms with Gasteiger partial charge in [0.25, 0.3) is 21.8 Å². The van der Waals surface area contributed by atoms with E-state index in [-0.39, 0.29) is 16.7 Å². The highest BCUT2D eigenvalue weighted by atomic mass is 32.2. The van der Waals surface area contributed by atoms with Crippen LogP contribution in [0.15, 0.2) is 53.4 Å². The third-order valence-corrected chi connectivity index (χ3v) is 4.84. The monoisotopic (exact) mass is 361 g/mol. The van der Waals surface area contributed by atoms with Crippen LogP contribution in [0.1, 0.15) is 20.7 Å². The molecule has 2 aromatic carbocycles. The van der Waals surface area contributed by atoms with Crippen molar-refractivity contribution in [2.24, 2.45) is 0 Å². The summed E-state index contributed by atoms with van der Waals surface area (Å²) in [4.78, 5) is 24.8. The summed E-state index contributed by atoms with van der Waals surface area (Å²) in [7, 11) is 0.991.